The normalized spacial score (nSPS) is 11.7. The molecule has 1 N–H and O–H groups in total. The molecule has 0 aromatic carbocycles. The van der Waals surface area contributed by atoms with Crippen molar-refractivity contribution in [3.05, 3.63) is 18.0 Å². The number of nitrogens with one attached hydrogen (secondary N) is 1. The number of ether oxygens (including phenoxy) is 1. The van der Waals surface area contributed by atoms with Crippen molar-refractivity contribution in [2.75, 3.05) is 40.4 Å². The molecule has 0 fully saturated rings. The molecule has 0 spiro atoms. The summed E-state index contributed by atoms with van der Waals surface area (Å²) in [6.45, 7) is 9.01. The zero-order valence-electron chi connectivity index (χ0n) is 13.4. The van der Waals surface area contributed by atoms with Crippen LogP contribution in [0.15, 0.2) is 12.3 Å². The molecule has 5 heteroatoms. The molecular weight excluding hydrogens is 252 g/mol. The summed E-state index contributed by atoms with van der Waals surface area (Å²) in [5.74, 6) is 0. The van der Waals surface area contributed by atoms with Crippen LogP contribution in [0, 0.1) is 0 Å². The highest BCUT2D eigenvalue weighted by molar-refractivity contribution is 4.99. The lowest BCUT2D eigenvalue weighted by Gasteiger charge is -2.16. The molecule has 0 radical (unpaired) electrons. The van der Waals surface area contributed by atoms with Gasteiger partial charge in [0.05, 0.1) is 18.3 Å². The highest BCUT2D eigenvalue weighted by Gasteiger charge is 2.09. The Hall–Kier alpha value is -0.910. The minimum absolute atomic E-state index is 0.532. The van der Waals surface area contributed by atoms with Gasteiger partial charge in [-0.3, -0.25) is 9.58 Å². The maximum Gasteiger partial charge on any atom is 0.0764 e. The number of hydrogen-bond acceptors (Lipinski definition) is 4. The highest BCUT2D eigenvalue weighted by atomic mass is 16.5. The van der Waals surface area contributed by atoms with Gasteiger partial charge >= 0.3 is 0 Å². The van der Waals surface area contributed by atoms with Crippen LogP contribution in [-0.2, 0) is 11.3 Å². The maximum atomic E-state index is 5.00. The summed E-state index contributed by atoms with van der Waals surface area (Å²) >= 11 is 0. The Balaban J connectivity index is 2.29. The summed E-state index contributed by atoms with van der Waals surface area (Å²) in [5.41, 5.74) is 1.15. The van der Waals surface area contributed by atoms with E-state index in [9.17, 15) is 0 Å². The van der Waals surface area contributed by atoms with Gasteiger partial charge in [-0.25, -0.2) is 0 Å². The second kappa shape index (κ2) is 9.91. The first-order valence-electron chi connectivity index (χ1n) is 7.63. The quantitative estimate of drug-likeness (QED) is 0.630. The SMILES string of the molecule is CCC(CC)n1ccc(CN(C)CCNCCOC)n1. The number of aromatic nitrogens is 2. The predicted octanol–water partition coefficient (Wildman–Crippen LogP) is 1.91. The Morgan fingerprint density at radius 3 is 2.75 bits per heavy atom. The lowest BCUT2D eigenvalue weighted by Crippen LogP contribution is -2.30. The first-order chi connectivity index (χ1) is 9.71. The first-order valence-corrected chi connectivity index (χ1v) is 7.63. The van der Waals surface area contributed by atoms with Crippen LogP contribution in [0.25, 0.3) is 0 Å². The van der Waals surface area contributed by atoms with E-state index >= 15 is 0 Å². The fraction of sp³-hybridized carbons (Fsp3) is 0.800. The summed E-state index contributed by atoms with van der Waals surface area (Å²) in [6, 6.07) is 2.66. The lowest BCUT2D eigenvalue weighted by molar-refractivity contribution is 0.197. The van der Waals surface area contributed by atoms with E-state index in [0.29, 0.717) is 6.04 Å². The minimum atomic E-state index is 0.532. The molecular formula is C15H30N4O. The Kier molecular flexibility index (Phi) is 8.49. The third-order valence-electron chi connectivity index (χ3n) is 3.57. The zero-order chi connectivity index (χ0) is 14.8. The van der Waals surface area contributed by atoms with Gasteiger partial charge in [-0.15, -0.1) is 0 Å². The van der Waals surface area contributed by atoms with Crippen LogP contribution in [0.4, 0.5) is 0 Å². The van der Waals surface area contributed by atoms with Crippen molar-refractivity contribution in [1.29, 1.82) is 0 Å². The summed E-state index contributed by atoms with van der Waals surface area (Å²) in [6.07, 6.45) is 4.38. The molecule has 1 heterocycles. The lowest BCUT2D eigenvalue weighted by atomic mass is 10.2. The average Bonchev–Trinajstić information content (AvgIpc) is 2.88. The van der Waals surface area contributed by atoms with Gasteiger partial charge in [0, 0.05) is 39.5 Å². The van der Waals surface area contributed by atoms with E-state index < -0.39 is 0 Å². The average molecular weight is 282 g/mol. The fourth-order valence-corrected chi connectivity index (χ4v) is 2.25. The van der Waals surface area contributed by atoms with Gasteiger partial charge in [0.1, 0.15) is 0 Å². The van der Waals surface area contributed by atoms with Gasteiger partial charge < -0.3 is 10.1 Å². The van der Waals surface area contributed by atoms with E-state index in [0.717, 1.165) is 51.3 Å². The van der Waals surface area contributed by atoms with E-state index in [1.54, 1.807) is 7.11 Å². The van der Waals surface area contributed by atoms with Gasteiger partial charge in [-0.1, -0.05) is 13.8 Å². The van der Waals surface area contributed by atoms with Crippen molar-refractivity contribution in [2.45, 2.75) is 39.3 Å². The molecule has 0 amide bonds. The Labute approximate surface area is 123 Å². The van der Waals surface area contributed by atoms with Gasteiger partial charge in [0.2, 0.25) is 0 Å². The van der Waals surface area contributed by atoms with E-state index in [1.807, 2.05) is 0 Å². The van der Waals surface area contributed by atoms with E-state index in [1.165, 1.54) is 0 Å². The van der Waals surface area contributed by atoms with Crippen LogP contribution in [-0.4, -0.2) is 55.1 Å². The van der Waals surface area contributed by atoms with Crippen molar-refractivity contribution >= 4 is 0 Å². The first kappa shape index (κ1) is 17.1. The summed E-state index contributed by atoms with van der Waals surface area (Å²) in [7, 11) is 3.86. The van der Waals surface area contributed by atoms with Gasteiger partial charge in [-0.05, 0) is 26.0 Å². The fourth-order valence-electron chi connectivity index (χ4n) is 2.25. The zero-order valence-corrected chi connectivity index (χ0v) is 13.4. The molecule has 0 aliphatic carbocycles. The molecule has 1 aromatic heterocycles. The van der Waals surface area contributed by atoms with Gasteiger partial charge in [-0.2, -0.15) is 5.10 Å². The van der Waals surface area contributed by atoms with Crippen LogP contribution in [0.1, 0.15) is 38.4 Å². The van der Waals surface area contributed by atoms with Crippen molar-refractivity contribution in [3.63, 3.8) is 0 Å². The molecule has 5 nitrogen and oxygen atoms in total. The molecule has 116 valence electrons. The van der Waals surface area contributed by atoms with Crippen LogP contribution in [0.2, 0.25) is 0 Å². The third kappa shape index (κ3) is 6.03. The molecule has 0 saturated carbocycles. The number of nitrogens with zero attached hydrogens (tertiary/aromatic N) is 3. The molecule has 0 atom stereocenters. The molecule has 1 rings (SSSR count). The van der Waals surface area contributed by atoms with Crippen LogP contribution >= 0.6 is 0 Å². The van der Waals surface area contributed by atoms with Gasteiger partial charge in [0.25, 0.3) is 0 Å². The molecule has 0 aliphatic rings. The van der Waals surface area contributed by atoms with Crippen LogP contribution in [0.5, 0.6) is 0 Å². The third-order valence-corrected chi connectivity index (χ3v) is 3.57. The molecule has 1 aromatic rings. The molecule has 0 unspecified atom stereocenters. The second-order valence-electron chi connectivity index (χ2n) is 5.24. The van der Waals surface area contributed by atoms with Crippen molar-refractivity contribution in [3.8, 4) is 0 Å². The monoisotopic (exact) mass is 282 g/mol. The summed E-state index contributed by atoms with van der Waals surface area (Å²) < 4.78 is 7.11. The second-order valence-corrected chi connectivity index (χ2v) is 5.24. The smallest absolute Gasteiger partial charge is 0.0764 e. The summed E-state index contributed by atoms with van der Waals surface area (Å²) in [5, 5.41) is 8.04. The maximum absolute atomic E-state index is 5.00. The number of rotatable bonds is 11. The van der Waals surface area contributed by atoms with E-state index in [2.05, 4.69) is 53.2 Å². The predicted molar refractivity (Wildman–Crippen MR) is 82.9 cm³/mol. The topological polar surface area (TPSA) is 42.3 Å². The molecule has 20 heavy (non-hydrogen) atoms. The number of hydrogen-bond donors (Lipinski definition) is 1. The van der Waals surface area contributed by atoms with E-state index in [4.69, 9.17) is 4.74 Å². The van der Waals surface area contributed by atoms with Gasteiger partial charge in [0.15, 0.2) is 0 Å². The minimum Gasteiger partial charge on any atom is -0.383 e. The Bertz CT molecular complexity index is 349. The van der Waals surface area contributed by atoms with Crippen LogP contribution < -0.4 is 5.32 Å². The standard InChI is InChI=1S/C15H30N4O/c1-5-15(6-2)19-10-7-14(17-19)13-18(3)11-8-16-9-12-20-4/h7,10,15-16H,5-6,8-9,11-13H2,1-4H3. The summed E-state index contributed by atoms with van der Waals surface area (Å²) in [4.78, 5) is 2.29. The Morgan fingerprint density at radius 1 is 1.35 bits per heavy atom. The Morgan fingerprint density at radius 2 is 2.10 bits per heavy atom. The molecule has 0 bridgehead atoms. The van der Waals surface area contributed by atoms with Crippen LogP contribution in [0.3, 0.4) is 0 Å². The van der Waals surface area contributed by atoms with E-state index in [-0.39, 0.29) is 0 Å². The molecule has 0 aliphatic heterocycles. The van der Waals surface area contributed by atoms with Crippen molar-refractivity contribution in [2.24, 2.45) is 0 Å². The van der Waals surface area contributed by atoms with Crippen molar-refractivity contribution in [1.82, 2.24) is 20.0 Å². The largest absolute Gasteiger partial charge is 0.383 e. The molecule has 0 saturated heterocycles. The van der Waals surface area contributed by atoms with Crippen molar-refractivity contribution < 1.29 is 4.74 Å². The highest BCUT2D eigenvalue weighted by Crippen LogP contribution is 2.14. The number of likely N-dealkylation sites (N-methyl/N-ethyl adjacent to an activating group) is 1. The number of methoxy groups -OCH3 is 1.